The van der Waals surface area contributed by atoms with Crippen LogP contribution in [0, 0.1) is 30.6 Å². The number of ether oxygens (including phenoxy) is 3. The maximum Gasteiger partial charge on any atom is 0.315 e. The lowest BCUT2D eigenvalue weighted by molar-refractivity contribution is -0.159. The third-order valence-electron chi connectivity index (χ3n) is 16.4. The van der Waals surface area contributed by atoms with Crippen molar-refractivity contribution < 1.29 is 53.5 Å². The van der Waals surface area contributed by atoms with E-state index in [2.05, 4.69) is 39.2 Å². The fourth-order valence-corrected chi connectivity index (χ4v) is 11.6. The number of nitrogens with zero attached hydrogens (tertiary/aromatic N) is 5. The molecule has 1 spiro atoms. The second kappa shape index (κ2) is 22.8. The lowest BCUT2D eigenvalue weighted by Gasteiger charge is -2.38. The zero-order chi connectivity index (χ0) is 53.2. The number of carbonyl (C=O) groups is 5. The highest BCUT2D eigenvalue weighted by Gasteiger charge is 2.54. The van der Waals surface area contributed by atoms with E-state index in [1.165, 1.54) is 32.4 Å². The molecule has 2 amide bonds. The molecule has 1 aromatic rings. The number of hydrogen-bond acceptors (Lipinski definition) is 16. The van der Waals surface area contributed by atoms with E-state index in [1.54, 1.807) is 63.8 Å². The Bertz CT molecular complexity index is 2490. The van der Waals surface area contributed by atoms with Gasteiger partial charge < -0.3 is 54.9 Å². The van der Waals surface area contributed by atoms with Crippen LogP contribution in [0.2, 0.25) is 0 Å². The zero-order valence-corrected chi connectivity index (χ0v) is 44.7. The Morgan fingerprint density at radius 3 is 2.22 bits per heavy atom. The Balaban J connectivity index is 1.05. The van der Waals surface area contributed by atoms with E-state index in [9.17, 15) is 39.3 Å². The van der Waals surface area contributed by atoms with Gasteiger partial charge in [-0.15, -0.1) is 0 Å². The molecule has 1 aliphatic carbocycles. The molecule has 2 unspecified atom stereocenters. The van der Waals surface area contributed by atoms with Crippen LogP contribution >= 0.6 is 0 Å². The number of hydrogen-bond donors (Lipinski definition) is 5. The topological polar surface area (TPSA) is 223 Å². The number of aromatic hydroxyl groups is 1. The van der Waals surface area contributed by atoms with Crippen LogP contribution in [0.3, 0.4) is 0 Å². The van der Waals surface area contributed by atoms with E-state index >= 15 is 0 Å². The summed E-state index contributed by atoms with van der Waals surface area (Å²) in [6.45, 7) is 23.2. The average Bonchev–Trinajstić information content (AvgIpc) is 3.88. The predicted octanol–water partition coefficient (Wildman–Crippen LogP) is 4.75. The highest BCUT2D eigenvalue weighted by atomic mass is 16.7. The van der Waals surface area contributed by atoms with Gasteiger partial charge in [-0.2, -0.15) is 0 Å². The average molecular weight is 1030 g/mol. The molecule has 74 heavy (non-hydrogen) atoms. The van der Waals surface area contributed by atoms with E-state index in [-0.39, 0.29) is 69.4 Å². The van der Waals surface area contributed by atoms with Gasteiger partial charge in [-0.3, -0.25) is 33.9 Å². The van der Waals surface area contributed by atoms with Crippen molar-refractivity contribution in [3.63, 3.8) is 0 Å². The van der Waals surface area contributed by atoms with E-state index in [1.807, 2.05) is 0 Å². The molecule has 0 aromatic heterocycles. The molecular weight excluding hydrogens is 947 g/mol. The number of phenolic OH excluding ortho intramolecular Hbond substituents is 1. The highest BCUT2D eigenvalue weighted by Crippen LogP contribution is 2.50. The number of amides is 2. The SMILES string of the molecule is C/C1=C/C=C/C(C)[C@H](O)[C@@H](C)C(O)[C@@H](C)[C@H](OC(=O)CC(=O)N2CCN(CCN3CCCCC3)CC2)CC/C=C/O[C@@]2(C)Oc3c(C)c(O)c4c(c3C2=O)C2=NC3(CCN(CC(C)C)CC3)NC2=C(NC1=O)C4=O. The van der Waals surface area contributed by atoms with Crippen molar-refractivity contribution in [1.29, 1.82) is 0 Å². The Morgan fingerprint density at radius 2 is 1.54 bits per heavy atom. The maximum absolute atomic E-state index is 14.8. The summed E-state index contributed by atoms with van der Waals surface area (Å²) in [6, 6.07) is 0. The molecule has 0 radical (unpaired) electrons. The van der Waals surface area contributed by atoms with Crippen molar-refractivity contribution in [2.75, 3.05) is 72.0 Å². The monoisotopic (exact) mass is 1030 g/mol. The number of nitrogens with one attached hydrogen (secondary N) is 2. The number of ketones is 2. The van der Waals surface area contributed by atoms with Crippen LogP contribution in [0.15, 0.2) is 52.5 Å². The van der Waals surface area contributed by atoms with Crippen LogP contribution in [0.5, 0.6) is 11.5 Å². The molecule has 9 rings (SSSR count). The van der Waals surface area contributed by atoms with Crippen molar-refractivity contribution in [3.05, 3.63) is 69.8 Å². The largest absolute Gasteiger partial charge is 0.507 e. The number of Topliss-reactive ketones (excluding diaryl/α,β-unsaturated/α-hetero) is 2. The first kappa shape index (κ1) is 54.8. The number of carbonyl (C=O) groups excluding carboxylic acids is 5. The smallest absolute Gasteiger partial charge is 0.315 e. The van der Waals surface area contributed by atoms with Gasteiger partial charge in [-0.1, -0.05) is 59.3 Å². The summed E-state index contributed by atoms with van der Waals surface area (Å²) in [6.07, 6.45) is 9.64. The molecule has 7 aliphatic heterocycles. The van der Waals surface area contributed by atoms with Gasteiger partial charge in [0.05, 0.1) is 41.0 Å². The number of aliphatic hydroxyl groups is 2. The van der Waals surface area contributed by atoms with Gasteiger partial charge >= 0.3 is 11.8 Å². The number of allylic oxidation sites excluding steroid dienone is 5. The molecule has 5 N–H and O–H groups in total. The number of piperidine rings is 2. The standard InChI is InChI=1S/C56H79N7O11/c1-33(2)32-62-22-18-56(19-23-62)58-45-42-43-50(68)38(7)52-44(42)53(70)55(8,74-52)72-30-13-10-17-39(73-41(65)31-40(64)63-28-26-61(27-29-63)25-24-60-20-11-9-12-21-60)36(5)49(67)37(6)48(66)34(3)15-14-16-35(4)54(71)57-47(51(43)69)46(45)59-56/h13-16,30,33-34,36-37,39,48-49,59,66-68H,9-12,17-29,31-32H2,1-8H3,(H,57,71)/b15-14+,30-13+,35-16-/t34?,36-,37+,39+,48-,49?,55-/m0/s1. The molecule has 7 heterocycles. The number of rotatable bonds is 8. The predicted molar refractivity (Wildman–Crippen MR) is 278 cm³/mol. The molecule has 3 fully saturated rings. The van der Waals surface area contributed by atoms with Crippen LogP contribution in [-0.4, -0.2) is 172 Å². The quantitative estimate of drug-likeness (QED) is 0.175. The molecule has 3 saturated heterocycles. The Hall–Kier alpha value is -5.40. The van der Waals surface area contributed by atoms with Crippen LogP contribution < -0.4 is 15.4 Å². The Labute approximate surface area is 435 Å². The van der Waals surface area contributed by atoms with Crippen LogP contribution in [-0.2, 0) is 23.9 Å². The zero-order valence-electron chi connectivity index (χ0n) is 44.7. The lowest BCUT2D eigenvalue weighted by Crippen LogP contribution is -2.51. The fraction of sp³-hybridized carbons (Fsp3) is 0.643. The molecule has 8 aliphatic rings. The third kappa shape index (κ3) is 11.5. The fourth-order valence-electron chi connectivity index (χ4n) is 11.6. The number of phenols is 1. The van der Waals surface area contributed by atoms with Crippen molar-refractivity contribution in [2.24, 2.45) is 28.7 Å². The number of benzene rings is 1. The second-order valence-electron chi connectivity index (χ2n) is 22.3. The van der Waals surface area contributed by atoms with Crippen LogP contribution in [0.1, 0.15) is 132 Å². The first-order valence-electron chi connectivity index (χ1n) is 27.0. The van der Waals surface area contributed by atoms with Gasteiger partial charge in [0.1, 0.15) is 35.4 Å². The number of aliphatic imine (C=N–C) groups is 1. The van der Waals surface area contributed by atoms with Crippen molar-refractivity contribution >= 4 is 35.1 Å². The second-order valence-corrected chi connectivity index (χ2v) is 22.3. The number of piperazine rings is 1. The van der Waals surface area contributed by atoms with Gasteiger partial charge in [0, 0.05) is 113 Å². The summed E-state index contributed by atoms with van der Waals surface area (Å²) in [5.74, 6) is -6.73. The molecule has 404 valence electrons. The van der Waals surface area contributed by atoms with Crippen LogP contribution in [0.4, 0.5) is 0 Å². The Kier molecular flexibility index (Phi) is 16.9. The molecule has 0 saturated carbocycles. The molecule has 18 nitrogen and oxygen atoms in total. The number of likely N-dealkylation sites (tertiary alicyclic amines) is 2. The van der Waals surface area contributed by atoms with Crippen molar-refractivity contribution in [1.82, 2.24) is 30.2 Å². The summed E-state index contributed by atoms with van der Waals surface area (Å²) >= 11 is 0. The minimum absolute atomic E-state index is 0.0254. The van der Waals surface area contributed by atoms with Crippen molar-refractivity contribution in [2.45, 2.75) is 137 Å². The van der Waals surface area contributed by atoms with Gasteiger partial charge in [-0.25, -0.2) is 0 Å². The molecule has 18 heteroatoms. The lowest BCUT2D eigenvalue weighted by atomic mass is 9.81. The third-order valence-corrected chi connectivity index (χ3v) is 16.4. The highest BCUT2D eigenvalue weighted by molar-refractivity contribution is 6.34. The number of fused-ring (bicyclic) bond motifs is 13. The maximum atomic E-state index is 14.8. The van der Waals surface area contributed by atoms with Crippen LogP contribution in [0.25, 0.3) is 0 Å². The first-order chi connectivity index (χ1) is 35.2. The molecule has 1 aromatic carbocycles. The molecule has 7 atom stereocenters. The summed E-state index contributed by atoms with van der Waals surface area (Å²) in [5.41, 5.74) is -0.175. The summed E-state index contributed by atoms with van der Waals surface area (Å²) in [7, 11) is 0. The van der Waals surface area contributed by atoms with Crippen molar-refractivity contribution in [3.8, 4) is 11.5 Å². The number of aliphatic hydroxyl groups excluding tert-OH is 2. The normalized spacial score (nSPS) is 31.0. The van der Waals surface area contributed by atoms with Gasteiger partial charge in [0.25, 0.3) is 11.7 Å². The summed E-state index contributed by atoms with van der Waals surface area (Å²) in [4.78, 5) is 84.9. The van der Waals surface area contributed by atoms with E-state index in [0.29, 0.717) is 44.9 Å². The van der Waals surface area contributed by atoms with E-state index in [0.717, 1.165) is 45.8 Å². The van der Waals surface area contributed by atoms with E-state index in [4.69, 9.17) is 19.2 Å². The van der Waals surface area contributed by atoms with E-state index < -0.39 is 83.1 Å². The minimum Gasteiger partial charge on any atom is -0.507 e. The first-order valence-corrected chi connectivity index (χ1v) is 27.0. The van der Waals surface area contributed by atoms with Gasteiger partial charge in [0.15, 0.2) is 0 Å². The number of esters is 1. The van der Waals surface area contributed by atoms with Gasteiger partial charge in [-0.05, 0) is 64.6 Å². The summed E-state index contributed by atoms with van der Waals surface area (Å²) < 4.78 is 18.5. The molecular formula is C56H79N7O11. The van der Waals surface area contributed by atoms with Gasteiger partial charge in [0.2, 0.25) is 11.7 Å². The molecule has 5 bridgehead atoms. The Morgan fingerprint density at radius 1 is 0.865 bits per heavy atom. The minimum atomic E-state index is -1.95. The summed E-state index contributed by atoms with van der Waals surface area (Å²) in [5, 5.41) is 41.6.